The molecule has 24 heavy (non-hydrogen) atoms. The van der Waals surface area contributed by atoms with Gasteiger partial charge in [-0.15, -0.1) is 0 Å². The Morgan fingerprint density at radius 2 is 2.00 bits per heavy atom. The van der Waals surface area contributed by atoms with Gasteiger partial charge in [0.2, 0.25) is 0 Å². The molecule has 2 rings (SSSR count). The standard InChI is InChI=1S/C17H32N6S/c1-5-23-14-16(15(2)19-23)13-21-9-11-22(12-10-21)17(24)18-7-6-8-20(3)4/h14H,5-13H2,1-4H3,(H,18,24). The summed E-state index contributed by atoms with van der Waals surface area (Å²) in [6, 6.07) is 0. The first-order chi connectivity index (χ1) is 11.5. The molecule has 0 spiro atoms. The average molecular weight is 353 g/mol. The average Bonchev–Trinajstić information content (AvgIpc) is 2.92. The second-order valence-corrected chi connectivity index (χ2v) is 7.13. The molecule has 1 aliphatic heterocycles. The molecule has 0 saturated carbocycles. The van der Waals surface area contributed by atoms with Gasteiger partial charge >= 0.3 is 0 Å². The quantitative estimate of drug-likeness (QED) is 0.586. The van der Waals surface area contributed by atoms with E-state index in [2.05, 4.69) is 59.3 Å². The summed E-state index contributed by atoms with van der Waals surface area (Å²) in [6.07, 6.45) is 3.30. The number of thiocarbonyl (C=S) groups is 1. The van der Waals surface area contributed by atoms with Crippen molar-refractivity contribution in [3.63, 3.8) is 0 Å². The molecular formula is C17H32N6S. The summed E-state index contributed by atoms with van der Waals surface area (Å²) < 4.78 is 2.02. The largest absolute Gasteiger partial charge is 0.363 e. The third-order valence-electron chi connectivity index (χ3n) is 4.48. The smallest absolute Gasteiger partial charge is 0.169 e. The van der Waals surface area contributed by atoms with Gasteiger partial charge in [-0.2, -0.15) is 5.10 Å². The Labute approximate surface area is 151 Å². The molecule has 0 atom stereocenters. The predicted molar refractivity (Wildman–Crippen MR) is 103 cm³/mol. The number of rotatable bonds is 7. The monoisotopic (exact) mass is 352 g/mol. The highest BCUT2D eigenvalue weighted by molar-refractivity contribution is 7.80. The van der Waals surface area contributed by atoms with Crippen LogP contribution >= 0.6 is 12.2 Å². The topological polar surface area (TPSA) is 39.6 Å². The van der Waals surface area contributed by atoms with Crippen molar-refractivity contribution in [2.75, 3.05) is 53.4 Å². The predicted octanol–water partition coefficient (Wildman–Crippen LogP) is 1.16. The molecule has 1 aliphatic rings. The molecule has 1 fully saturated rings. The zero-order valence-electron chi connectivity index (χ0n) is 15.6. The Morgan fingerprint density at radius 1 is 1.29 bits per heavy atom. The van der Waals surface area contributed by atoms with Gasteiger partial charge in [0.15, 0.2) is 5.11 Å². The van der Waals surface area contributed by atoms with Crippen LogP contribution in [0.5, 0.6) is 0 Å². The number of nitrogens with one attached hydrogen (secondary N) is 1. The molecule has 0 unspecified atom stereocenters. The highest BCUT2D eigenvalue weighted by Crippen LogP contribution is 2.12. The van der Waals surface area contributed by atoms with Crippen LogP contribution < -0.4 is 5.32 Å². The van der Waals surface area contributed by atoms with Crippen LogP contribution in [-0.2, 0) is 13.1 Å². The molecule has 6 nitrogen and oxygen atoms in total. The van der Waals surface area contributed by atoms with Crippen LogP contribution in [0.2, 0.25) is 0 Å². The number of aromatic nitrogens is 2. The van der Waals surface area contributed by atoms with Crippen molar-refractivity contribution in [2.45, 2.75) is 33.4 Å². The summed E-state index contributed by atoms with van der Waals surface area (Å²) in [6.45, 7) is 12.3. The fourth-order valence-electron chi connectivity index (χ4n) is 2.93. The Morgan fingerprint density at radius 3 is 2.58 bits per heavy atom. The molecule has 136 valence electrons. The lowest BCUT2D eigenvalue weighted by atomic mass is 10.2. The second-order valence-electron chi connectivity index (χ2n) is 6.75. The fourth-order valence-corrected chi connectivity index (χ4v) is 3.21. The minimum Gasteiger partial charge on any atom is -0.363 e. The van der Waals surface area contributed by atoms with E-state index in [9.17, 15) is 0 Å². The fraction of sp³-hybridized carbons (Fsp3) is 0.765. The Hall–Kier alpha value is -1.18. The number of hydrogen-bond acceptors (Lipinski definition) is 4. The van der Waals surface area contributed by atoms with Crippen molar-refractivity contribution in [1.29, 1.82) is 0 Å². The molecule has 0 radical (unpaired) electrons. The molecule has 1 saturated heterocycles. The zero-order chi connectivity index (χ0) is 17.5. The molecule has 0 amide bonds. The van der Waals surface area contributed by atoms with Crippen LogP contribution in [0.3, 0.4) is 0 Å². The SMILES string of the molecule is CCn1cc(CN2CCN(C(=S)NCCCN(C)C)CC2)c(C)n1. The van der Waals surface area contributed by atoms with Gasteiger partial charge in [-0.1, -0.05) is 0 Å². The minimum atomic E-state index is 0.906. The first kappa shape index (κ1) is 19.1. The molecule has 2 heterocycles. The van der Waals surface area contributed by atoms with Crippen LogP contribution in [0.15, 0.2) is 6.20 Å². The van der Waals surface area contributed by atoms with Crippen molar-refractivity contribution in [3.05, 3.63) is 17.5 Å². The van der Waals surface area contributed by atoms with Gasteiger partial charge in [0.1, 0.15) is 0 Å². The van der Waals surface area contributed by atoms with Crippen LogP contribution in [0.4, 0.5) is 0 Å². The maximum Gasteiger partial charge on any atom is 0.169 e. The summed E-state index contributed by atoms with van der Waals surface area (Å²) >= 11 is 5.53. The summed E-state index contributed by atoms with van der Waals surface area (Å²) in [5.74, 6) is 0. The third-order valence-corrected chi connectivity index (χ3v) is 4.89. The van der Waals surface area contributed by atoms with Crippen molar-refractivity contribution >= 4 is 17.3 Å². The first-order valence-corrected chi connectivity index (χ1v) is 9.33. The number of piperazine rings is 1. The molecule has 0 aliphatic carbocycles. The van der Waals surface area contributed by atoms with Crippen molar-refractivity contribution in [2.24, 2.45) is 0 Å². The highest BCUT2D eigenvalue weighted by atomic mass is 32.1. The first-order valence-electron chi connectivity index (χ1n) is 8.92. The molecular weight excluding hydrogens is 320 g/mol. The Bertz CT molecular complexity index is 519. The van der Waals surface area contributed by atoms with E-state index in [-0.39, 0.29) is 0 Å². The number of hydrogen-bond donors (Lipinski definition) is 1. The Kier molecular flexibility index (Phi) is 7.45. The lowest BCUT2D eigenvalue weighted by Crippen LogP contribution is -2.51. The second kappa shape index (κ2) is 9.34. The van der Waals surface area contributed by atoms with E-state index < -0.39 is 0 Å². The van der Waals surface area contributed by atoms with Gasteiger partial charge in [0.25, 0.3) is 0 Å². The lowest BCUT2D eigenvalue weighted by Gasteiger charge is -2.36. The van der Waals surface area contributed by atoms with E-state index in [0.29, 0.717) is 0 Å². The maximum absolute atomic E-state index is 5.53. The van der Waals surface area contributed by atoms with E-state index in [1.54, 1.807) is 0 Å². The van der Waals surface area contributed by atoms with E-state index in [0.717, 1.165) is 69.6 Å². The summed E-state index contributed by atoms with van der Waals surface area (Å²) in [5, 5.41) is 8.83. The van der Waals surface area contributed by atoms with E-state index in [1.165, 1.54) is 5.56 Å². The van der Waals surface area contributed by atoms with E-state index in [1.807, 2.05) is 4.68 Å². The molecule has 1 N–H and O–H groups in total. The molecule has 1 aromatic heterocycles. The van der Waals surface area contributed by atoms with Gasteiger partial charge in [0.05, 0.1) is 5.69 Å². The van der Waals surface area contributed by atoms with Crippen LogP contribution in [-0.4, -0.2) is 83.0 Å². The molecule has 7 heteroatoms. The van der Waals surface area contributed by atoms with Crippen molar-refractivity contribution < 1.29 is 0 Å². The number of nitrogens with zero attached hydrogens (tertiary/aromatic N) is 5. The van der Waals surface area contributed by atoms with Gasteiger partial charge in [-0.3, -0.25) is 9.58 Å². The highest BCUT2D eigenvalue weighted by Gasteiger charge is 2.19. The lowest BCUT2D eigenvalue weighted by molar-refractivity contribution is 0.174. The van der Waals surface area contributed by atoms with Crippen molar-refractivity contribution in [3.8, 4) is 0 Å². The van der Waals surface area contributed by atoms with Gasteiger partial charge in [-0.25, -0.2) is 0 Å². The number of aryl methyl sites for hydroxylation is 2. The van der Waals surface area contributed by atoms with E-state index >= 15 is 0 Å². The molecule has 1 aromatic rings. The minimum absolute atomic E-state index is 0.906. The van der Waals surface area contributed by atoms with Crippen LogP contribution in [0, 0.1) is 6.92 Å². The molecule has 0 bridgehead atoms. The summed E-state index contributed by atoms with van der Waals surface area (Å²) in [4.78, 5) is 6.99. The van der Waals surface area contributed by atoms with E-state index in [4.69, 9.17) is 12.2 Å². The maximum atomic E-state index is 5.53. The van der Waals surface area contributed by atoms with Gasteiger partial charge < -0.3 is 15.1 Å². The van der Waals surface area contributed by atoms with Gasteiger partial charge in [0, 0.05) is 57.6 Å². The van der Waals surface area contributed by atoms with Crippen LogP contribution in [0.1, 0.15) is 24.6 Å². The third kappa shape index (κ3) is 5.72. The summed E-state index contributed by atoms with van der Waals surface area (Å²) in [7, 11) is 4.20. The van der Waals surface area contributed by atoms with Crippen molar-refractivity contribution in [1.82, 2.24) is 29.8 Å². The molecule has 0 aromatic carbocycles. The Balaban J connectivity index is 1.70. The summed E-state index contributed by atoms with van der Waals surface area (Å²) in [5.41, 5.74) is 2.49. The van der Waals surface area contributed by atoms with Gasteiger partial charge in [-0.05, 0) is 53.1 Å². The zero-order valence-corrected chi connectivity index (χ0v) is 16.4. The van der Waals surface area contributed by atoms with Crippen LogP contribution in [0.25, 0.3) is 0 Å². The normalized spacial score (nSPS) is 16.0.